The lowest BCUT2D eigenvalue weighted by atomic mass is 10.1. The highest BCUT2D eigenvalue weighted by Gasteiger charge is 2.16. The summed E-state index contributed by atoms with van der Waals surface area (Å²) in [7, 11) is 3.34. The fraction of sp³-hybridized carbons (Fsp3) is 0.167. The zero-order chi connectivity index (χ0) is 25.9. The summed E-state index contributed by atoms with van der Waals surface area (Å²) >= 11 is 3.41. The molecule has 0 aliphatic carbocycles. The van der Waals surface area contributed by atoms with Gasteiger partial charge in [0.05, 0.1) is 32.7 Å². The first-order valence-corrected chi connectivity index (χ1v) is 14.0. The highest BCUT2D eigenvalue weighted by atomic mass is 32.2. The van der Waals surface area contributed by atoms with Gasteiger partial charge in [-0.2, -0.15) is 0 Å². The Balaban J connectivity index is 1.24. The van der Waals surface area contributed by atoms with E-state index in [-0.39, 0.29) is 0 Å². The molecule has 0 amide bonds. The summed E-state index contributed by atoms with van der Waals surface area (Å²) in [5.74, 6) is 2.50. The number of furan rings is 1. The lowest BCUT2D eigenvalue weighted by Crippen LogP contribution is -2.18. The predicted molar refractivity (Wildman–Crippen MR) is 154 cm³/mol. The number of benzene rings is 3. The average Bonchev–Trinajstić information content (AvgIpc) is 3.70. The molecule has 6 nitrogen and oxygen atoms in total. The van der Waals surface area contributed by atoms with Crippen molar-refractivity contribution in [2.24, 2.45) is 0 Å². The van der Waals surface area contributed by atoms with Crippen LogP contribution in [0.2, 0.25) is 0 Å². The number of fused-ring (bicyclic) bond motifs is 2. The maximum Gasteiger partial charge on any atom is 0.194 e. The number of hydrogen-bond acceptors (Lipinski definition) is 7. The van der Waals surface area contributed by atoms with Gasteiger partial charge in [0.1, 0.15) is 17.3 Å². The molecule has 3 aromatic heterocycles. The van der Waals surface area contributed by atoms with E-state index in [9.17, 15) is 0 Å². The standard InChI is InChI=1S/C30H27N3O3S2/c1-34-24-10-12-29(35-2)27(17-24)28-19-33-23(20-37-30(33)31-28)13-14-32(18-25-8-5-15-36-25)38-26-11-9-21-6-3-4-7-22(21)16-26/h3-12,15-17,19-20H,13-14,18H2,1-2H3. The quantitative estimate of drug-likeness (QED) is 0.167. The van der Waals surface area contributed by atoms with Crippen molar-refractivity contribution in [3.05, 3.63) is 102 Å². The van der Waals surface area contributed by atoms with Crippen molar-refractivity contribution < 1.29 is 13.9 Å². The van der Waals surface area contributed by atoms with Crippen LogP contribution in [0.15, 0.2) is 99.9 Å². The second-order valence-electron chi connectivity index (χ2n) is 8.87. The molecular formula is C30H27N3O3S2. The third-order valence-electron chi connectivity index (χ3n) is 6.45. The van der Waals surface area contributed by atoms with Gasteiger partial charge in [-0.15, -0.1) is 11.3 Å². The molecule has 3 heterocycles. The third-order valence-corrected chi connectivity index (χ3v) is 8.37. The molecule has 0 atom stereocenters. The Hall–Kier alpha value is -3.72. The Morgan fingerprint density at radius 3 is 2.68 bits per heavy atom. The molecule has 0 radical (unpaired) electrons. The van der Waals surface area contributed by atoms with Crippen molar-refractivity contribution in [2.45, 2.75) is 17.9 Å². The Morgan fingerprint density at radius 1 is 0.974 bits per heavy atom. The van der Waals surface area contributed by atoms with Gasteiger partial charge >= 0.3 is 0 Å². The van der Waals surface area contributed by atoms with E-state index < -0.39 is 0 Å². The van der Waals surface area contributed by atoms with Crippen LogP contribution in [0.4, 0.5) is 0 Å². The average molecular weight is 542 g/mol. The van der Waals surface area contributed by atoms with Crippen molar-refractivity contribution in [2.75, 3.05) is 20.8 Å². The summed E-state index contributed by atoms with van der Waals surface area (Å²) in [6.45, 7) is 1.56. The lowest BCUT2D eigenvalue weighted by Gasteiger charge is -2.20. The van der Waals surface area contributed by atoms with E-state index in [2.05, 4.69) is 62.7 Å². The van der Waals surface area contributed by atoms with Crippen LogP contribution in [0, 0.1) is 0 Å². The predicted octanol–water partition coefficient (Wildman–Crippen LogP) is 7.58. The van der Waals surface area contributed by atoms with E-state index in [0.29, 0.717) is 6.54 Å². The summed E-state index contributed by atoms with van der Waals surface area (Å²) in [6.07, 6.45) is 4.69. The van der Waals surface area contributed by atoms with Gasteiger partial charge in [0.2, 0.25) is 0 Å². The summed E-state index contributed by atoms with van der Waals surface area (Å²) in [4.78, 5) is 7.05. The molecule has 38 heavy (non-hydrogen) atoms. The molecule has 0 saturated carbocycles. The Bertz CT molecular complexity index is 1670. The van der Waals surface area contributed by atoms with E-state index in [1.165, 1.54) is 21.4 Å². The largest absolute Gasteiger partial charge is 0.497 e. The third kappa shape index (κ3) is 5.15. The van der Waals surface area contributed by atoms with E-state index in [1.54, 1.807) is 43.8 Å². The molecule has 0 fully saturated rings. The topological polar surface area (TPSA) is 52.1 Å². The van der Waals surface area contributed by atoms with Crippen molar-refractivity contribution in [3.8, 4) is 22.8 Å². The van der Waals surface area contributed by atoms with Crippen molar-refractivity contribution in [1.82, 2.24) is 13.7 Å². The Morgan fingerprint density at radius 2 is 1.87 bits per heavy atom. The minimum atomic E-state index is 0.716. The van der Waals surface area contributed by atoms with Crippen molar-refractivity contribution in [1.29, 1.82) is 0 Å². The minimum Gasteiger partial charge on any atom is -0.497 e. The number of methoxy groups -OCH3 is 2. The summed E-state index contributed by atoms with van der Waals surface area (Å²) < 4.78 is 21.3. The van der Waals surface area contributed by atoms with Crippen LogP contribution in [-0.4, -0.2) is 34.5 Å². The van der Waals surface area contributed by atoms with Crippen molar-refractivity contribution >= 4 is 39.0 Å². The first-order valence-electron chi connectivity index (χ1n) is 12.3. The molecule has 0 spiro atoms. The monoisotopic (exact) mass is 541 g/mol. The number of imidazole rings is 1. The summed E-state index contributed by atoms with van der Waals surface area (Å²) in [5, 5.41) is 4.69. The number of aromatic nitrogens is 2. The maximum atomic E-state index is 5.68. The van der Waals surface area contributed by atoms with E-state index >= 15 is 0 Å². The first kappa shape index (κ1) is 24.6. The van der Waals surface area contributed by atoms with Crippen LogP contribution in [0.5, 0.6) is 11.5 Å². The molecule has 3 aromatic carbocycles. The fourth-order valence-corrected chi connectivity index (χ4v) is 6.39. The number of thiazole rings is 1. The van der Waals surface area contributed by atoms with Gasteiger partial charge in [0.15, 0.2) is 4.96 Å². The molecule has 0 saturated heterocycles. The van der Waals surface area contributed by atoms with Crippen LogP contribution in [0.25, 0.3) is 27.0 Å². The highest BCUT2D eigenvalue weighted by molar-refractivity contribution is 7.97. The van der Waals surface area contributed by atoms with E-state index in [0.717, 1.165) is 46.4 Å². The highest BCUT2D eigenvalue weighted by Crippen LogP contribution is 2.34. The van der Waals surface area contributed by atoms with Gasteiger partial charge in [0, 0.05) is 40.7 Å². The van der Waals surface area contributed by atoms with Gasteiger partial charge in [-0.3, -0.25) is 4.40 Å². The van der Waals surface area contributed by atoms with E-state index in [1.807, 2.05) is 30.3 Å². The molecule has 8 heteroatoms. The molecule has 0 aliphatic rings. The summed E-state index contributed by atoms with van der Waals surface area (Å²) in [5.41, 5.74) is 3.00. The smallest absolute Gasteiger partial charge is 0.194 e. The van der Waals surface area contributed by atoms with Gasteiger partial charge in [-0.1, -0.05) is 30.3 Å². The molecule has 0 aliphatic heterocycles. The van der Waals surface area contributed by atoms with Gasteiger partial charge in [-0.05, 0) is 65.2 Å². The second-order valence-corrected chi connectivity index (χ2v) is 10.9. The molecular weight excluding hydrogens is 514 g/mol. The normalized spacial score (nSPS) is 11.6. The molecule has 6 aromatic rings. The number of ether oxygens (including phenoxy) is 2. The van der Waals surface area contributed by atoms with Crippen molar-refractivity contribution in [3.63, 3.8) is 0 Å². The van der Waals surface area contributed by atoms with Crippen LogP contribution in [-0.2, 0) is 13.0 Å². The molecule has 6 rings (SSSR count). The van der Waals surface area contributed by atoms with Crippen LogP contribution in [0.3, 0.4) is 0 Å². The molecule has 192 valence electrons. The SMILES string of the molecule is COc1ccc(OC)c(-c2cn3c(CCN(Cc4ccco4)Sc4ccc5ccccc5c4)csc3n2)c1. The maximum absolute atomic E-state index is 5.68. The van der Waals surface area contributed by atoms with Crippen LogP contribution < -0.4 is 9.47 Å². The number of hydrogen-bond donors (Lipinski definition) is 0. The van der Waals surface area contributed by atoms with Gasteiger partial charge in [0.25, 0.3) is 0 Å². The minimum absolute atomic E-state index is 0.716. The zero-order valence-corrected chi connectivity index (χ0v) is 22.8. The first-order chi connectivity index (χ1) is 18.7. The van der Waals surface area contributed by atoms with E-state index in [4.69, 9.17) is 18.9 Å². The van der Waals surface area contributed by atoms with Crippen LogP contribution >= 0.6 is 23.3 Å². The molecule has 0 bridgehead atoms. The molecule has 0 N–H and O–H groups in total. The summed E-state index contributed by atoms with van der Waals surface area (Å²) in [6, 6.07) is 24.8. The Labute approximate surface area is 229 Å². The number of rotatable bonds is 10. The van der Waals surface area contributed by atoms with Gasteiger partial charge in [-0.25, -0.2) is 9.29 Å². The van der Waals surface area contributed by atoms with Crippen LogP contribution in [0.1, 0.15) is 11.5 Å². The zero-order valence-electron chi connectivity index (χ0n) is 21.2. The van der Waals surface area contributed by atoms with Gasteiger partial charge < -0.3 is 13.9 Å². The Kier molecular flexibility index (Phi) is 7.09. The second kappa shape index (κ2) is 10.9. The molecule has 0 unspecified atom stereocenters. The lowest BCUT2D eigenvalue weighted by molar-refractivity contribution is 0.398. The fourth-order valence-electron chi connectivity index (χ4n) is 4.50. The number of nitrogens with zero attached hydrogens (tertiary/aromatic N) is 3.